The number of carbonyl (C=O) groups is 1. The number of carboxylic acids is 1. The van der Waals surface area contributed by atoms with Crippen LogP contribution in [0.4, 0.5) is 4.39 Å². The highest BCUT2D eigenvalue weighted by Gasteiger charge is 2.64. The third kappa shape index (κ3) is 4.54. The summed E-state index contributed by atoms with van der Waals surface area (Å²) in [7, 11) is 0. The molecule has 5 rings (SSSR count). The molecule has 4 aliphatic rings. The second-order valence-electron chi connectivity index (χ2n) is 14.1. The van der Waals surface area contributed by atoms with Crippen LogP contribution in [-0.2, 0) is 6.42 Å². The van der Waals surface area contributed by atoms with Crippen LogP contribution in [0.1, 0.15) is 108 Å². The van der Waals surface area contributed by atoms with Crippen LogP contribution in [0.2, 0.25) is 0 Å². The Morgan fingerprint density at radius 2 is 1.76 bits per heavy atom. The average molecular weight is 529 g/mol. The van der Waals surface area contributed by atoms with Crippen molar-refractivity contribution in [3.8, 4) is 0 Å². The third-order valence-corrected chi connectivity index (χ3v) is 12.6. The summed E-state index contributed by atoms with van der Waals surface area (Å²) in [4.78, 5) is 11.6. The molecule has 1 aromatic carbocycles. The minimum Gasteiger partial charge on any atom is -0.478 e. The zero-order chi connectivity index (χ0) is 27.4. The molecule has 1 aromatic rings. The highest BCUT2D eigenvalue weighted by Crippen LogP contribution is 2.69. The van der Waals surface area contributed by atoms with Gasteiger partial charge in [-0.25, -0.2) is 9.18 Å². The van der Waals surface area contributed by atoms with Crippen LogP contribution in [0.15, 0.2) is 18.2 Å². The molecule has 0 saturated heterocycles. The fraction of sp³-hybridized carbons (Fsp3) is 0.788. The van der Waals surface area contributed by atoms with E-state index in [9.17, 15) is 24.5 Å². The smallest absolute Gasteiger partial charge is 0.336 e. The Morgan fingerprint density at radius 3 is 2.47 bits per heavy atom. The molecule has 0 aromatic heterocycles. The molecule has 0 radical (unpaired) electrons. The number of fused-ring (bicyclic) bond motifs is 5. The first kappa shape index (κ1) is 28.1. The maximum Gasteiger partial charge on any atom is 0.336 e. The first-order valence-corrected chi connectivity index (χ1v) is 15.4. The summed E-state index contributed by atoms with van der Waals surface area (Å²) in [5, 5.41) is 31.9. The molecular formula is C33H49FO4. The van der Waals surface area contributed by atoms with E-state index in [1.807, 2.05) is 0 Å². The Hall–Kier alpha value is -1.46. The summed E-state index contributed by atoms with van der Waals surface area (Å²) in [6.45, 7) is 9.61. The fourth-order valence-electron chi connectivity index (χ4n) is 10.7. The zero-order valence-electron chi connectivity index (χ0n) is 23.8. The van der Waals surface area contributed by atoms with Gasteiger partial charge in [0, 0.05) is 0 Å². The van der Waals surface area contributed by atoms with Crippen molar-refractivity contribution >= 4 is 5.97 Å². The van der Waals surface area contributed by atoms with E-state index in [-0.39, 0.29) is 34.5 Å². The summed E-state index contributed by atoms with van der Waals surface area (Å²) in [6, 6.07) is 4.13. The van der Waals surface area contributed by atoms with Gasteiger partial charge in [-0.3, -0.25) is 0 Å². The van der Waals surface area contributed by atoms with E-state index in [4.69, 9.17) is 0 Å². The Morgan fingerprint density at radius 1 is 1.05 bits per heavy atom. The first-order valence-electron chi connectivity index (χ1n) is 15.4. The van der Waals surface area contributed by atoms with Crippen LogP contribution in [0, 0.1) is 58.1 Å². The van der Waals surface area contributed by atoms with Crippen molar-refractivity contribution in [3.63, 3.8) is 0 Å². The molecule has 5 heteroatoms. The highest BCUT2D eigenvalue weighted by atomic mass is 19.1. The lowest BCUT2D eigenvalue weighted by Gasteiger charge is -2.64. The summed E-state index contributed by atoms with van der Waals surface area (Å²) in [5.74, 6) is 1.78. The fourth-order valence-corrected chi connectivity index (χ4v) is 10.7. The topological polar surface area (TPSA) is 77.8 Å². The van der Waals surface area contributed by atoms with Crippen molar-refractivity contribution in [1.82, 2.24) is 0 Å². The van der Waals surface area contributed by atoms with Crippen LogP contribution in [0.3, 0.4) is 0 Å². The normalized spacial score (nSPS) is 43.1. The van der Waals surface area contributed by atoms with Gasteiger partial charge in [0.25, 0.3) is 0 Å². The molecule has 4 aliphatic carbocycles. The number of halogens is 1. The van der Waals surface area contributed by atoms with Crippen LogP contribution in [0.25, 0.3) is 0 Å². The number of hydrogen-bond donors (Lipinski definition) is 3. The van der Waals surface area contributed by atoms with E-state index in [0.29, 0.717) is 41.9 Å². The van der Waals surface area contributed by atoms with Crippen LogP contribution >= 0.6 is 0 Å². The van der Waals surface area contributed by atoms with Crippen molar-refractivity contribution in [3.05, 3.63) is 35.1 Å². The van der Waals surface area contributed by atoms with E-state index in [1.165, 1.54) is 31.7 Å². The van der Waals surface area contributed by atoms with E-state index < -0.39 is 11.8 Å². The lowest BCUT2D eigenvalue weighted by atomic mass is 9.41. The molecule has 4 fully saturated rings. The van der Waals surface area contributed by atoms with E-state index in [1.54, 1.807) is 6.07 Å². The summed E-state index contributed by atoms with van der Waals surface area (Å²) in [5.41, 5.74) is 1.27. The number of aliphatic hydroxyl groups is 2. The number of hydrogen-bond acceptors (Lipinski definition) is 3. The largest absolute Gasteiger partial charge is 0.478 e. The quantitative estimate of drug-likeness (QED) is 0.352. The molecule has 4 unspecified atom stereocenters. The Labute approximate surface area is 228 Å². The second-order valence-corrected chi connectivity index (χ2v) is 14.1. The number of aliphatic hydroxyl groups excluding tert-OH is 2. The molecule has 4 nitrogen and oxygen atoms in total. The molecule has 11 atom stereocenters. The average Bonchev–Trinajstić information content (AvgIpc) is 3.23. The molecule has 0 heterocycles. The van der Waals surface area contributed by atoms with Gasteiger partial charge >= 0.3 is 5.97 Å². The lowest BCUT2D eigenvalue weighted by molar-refractivity contribution is -0.203. The second kappa shape index (κ2) is 10.5. The SMILES string of the molecule is CC[C@H]1[C@@H](O)C2C3CC[C@H]([C@H](C)CCCc4ccc(F)cc4C(=O)O)C3(C)CCC2[C@@]2(C)CC[C@@H](O)C[C@@H]12. The van der Waals surface area contributed by atoms with Gasteiger partial charge in [-0.05, 0) is 128 Å². The monoisotopic (exact) mass is 528 g/mol. The van der Waals surface area contributed by atoms with Gasteiger partial charge in [0.1, 0.15) is 5.82 Å². The van der Waals surface area contributed by atoms with Crippen molar-refractivity contribution in [1.29, 1.82) is 0 Å². The van der Waals surface area contributed by atoms with E-state index >= 15 is 0 Å². The predicted molar refractivity (Wildman–Crippen MR) is 147 cm³/mol. The summed E-state index contributed by atoms with van der Waals surface area (Å²) < 4.78 is 13.6. The van der Waals surface area contributed by atoms with Gasteiger partial charge in [-0.2, -0.15) is 0 Å². The molecule has 0 amide bonds. The molecule has 4 saturated carbocycles. The Balaban J connectivity index is 1.30. The molecule has 212 valence electrons. The van der Waals surface area contributed by atoms with E-state index in [0.717, 1.165) is 50.2 Å². The number of carboxylic acid groups (broad SMARTS) is 1. The highest BCUT2D eigenvalue weighted by molar-refractivity contribution is 5.89. The summed E-state index contributed by atoms with van der Waals surface area (Å²) >= 11 is 0. The van der Waals surface area contributed by atoms with Gasteiger partial charge in [0.15, 0.2) is 0 Å². The van der Waals surface area contributed by atoms with Crippen LogP contribution in [-0.4, -0.2) is 33.5 Å². The van der Waals surface area contributed by atoms with Gasteiger partial charge in [0.05, 0.1) is 17.8 Å². The van der Waals surface area contributed by atoms with Crippen molar-refractivity contribution < 1.29 is 24.5 Å². The lowest BCUT2D eigenvalue weighted by Crippen LogP contribution is -2.62. The molecule has 0 bridgehead atoms. The Bertz CT molecular complexity index is 1030. The zero-order valence-corrected chi connectivity index (χ0v) is 23.8. The van der Waals surface area contributed by atoms with Crippen LogP contribution in [0.5, 0.6) is 0 Å². The maximum atomic E-state index is 13.6. The minimum absolute atomic E-state index is 0.0858. The molecule has 3 N–H and O–H groups in total. The molecule has 0 spiro atoms. The number of rotatable bonds is 7. The molecule has 38 heavy (non-hydrogen) atoms. The van der Waals surface area contributed by atoms with Gasteiger partial charge in [0.2, 0.25) is 0 Å². The first-order chi connectivity index (χ1) is 18.0. The number of benzene rings is 1. The van der Waals surface area contributed by atoms with E-state index in [2.05, 4.69) is 27.7 Å². The summed E-state index contributed by atoms with van der Waals surface area (Å²) in [6.07, 6.45) is 10.8. The number of aromatic carboxylic acids is 1. The van der Waals surface area contributed by atoms with Gasteiger partial charge < -0.3 is 15.3 Å². The molecular weight excluding hydrogens is 479 g/mol. The van der Waals surface area contributed by atoms with Gasteiger partial charge in [-0.15, -0.1) is 0 Å². The predicted octanol–water partition coefficient (Wildman–Crippen LogP) is 7.11. The van der Waals surface area contributed by atoms with Gasteiger partial charge in [-0.1, -0.05) is 46.6 Å². The standard InChI is InChI=1S/C33H49FO4/c1-5-23-28-18-22(35)13-15-33(28,4)27-14-16-32(3)25(11-12-26(32)29(27)30(23)36)19(2)7-6-8-20-9-10-21(34)17-24(20)31(37)38/h9-10,17,19,22-23,25-30,35-36H,5-8,11-16,18H2,1-4H3,(H,37,38)/t19-,22-,23-,25-,26?,27?,28+,29?,30-,32?,33-/m1/s1. The minimum atomic E-state index is -1.06. The number of aryl methyl sites for hydroxylation is 1. The van der Waals surface area contributed by atoms with Crippen molar-refractivity contribution in [2.24, 2.45) is 52.3 Å². The Kier molecular flexibility index (Phi) is 7.76. The van der Waals surface area contributed by atoms with Crippen molar-refractivity contribution in [2.45, 2.75) is 111 Å². The maximum absolute atomic E-state index is 13.6. The van der Waals surface area contributed by atoms with Crippen molar-refractivity contribution in [2.75, 3.05) is 0 Å². The molecule has 0 aliphatic heterocycles. The van der Waals surface area contributed by atoms with Crippen LogP contribution < -0.4 is 0 Å². The third-order valence-electron chi connectivity index (χ3n) is 12.6.